The van der Waals surface area contributed by atoms with Crippen LogP contribution in [0.1, 0.15) is 24.2 Å². The van der Waals surface area contributed by atoms with Crippen LogP contribution in [0.4, 0.5) is 0 Å². The van der Waals surface area contributed by atoms with Crippen molar-refractivity contribution >= 4 is 11.8 Å². The molecule has 0 aliphatic carbocycles. The number of hydrogen-bond acceptors (Lipinski definition) is 4. The Morgan fingerprint density at radius 1 is 1.42 bits per heavy atom. The van der Waals surface area contributed by atoms with E-state index in [9.17, 15) is 14.7 Å². The van der Waals surface area contributed by atoms with Crippen LogP contribution in [-0.4, -0.2) is 57.4 Å². The summed E-state index contributed by atoms with van der Waals surface area (Å²) < 4.78 is 0. The van der Waals surface area contributed by atoms with Crippen molar-refractivity contribution in [3.63, 3.8) is 0 Å². The number of pyridine rings is 1. The Balaban J connectivity index is 2.34. The number of hydrogen-bond donors (Lipinski definition) is 1. The maximum atomic E-state index is 12.5. The molecule has 1 aromatic rings. The van der Waals surface area contributed by atoms with Gasteiger partial charge >= 0.3 is 0 Å². The Kier molecular flexibility index (Phi) is 3.18. The van der Waals surface area contributed by atoms with Crippen LogP contribution in [0.2, 0.25) is 0 Å². The van der Waals surface area contributed by atoms with Gasteiger partial charge in [0.25, 0.3) is 5.91 Å². The molecule has 2 amide bonds. The van der Waals surface area contributed by atoms with Crippen molar-refractivity contribution in [3.05, 3.63) is 24.0 Å². The van der Waals surface area contributed by atoms with E-state index in [2.05, 4.69) is 4.98 Å². The standard InChI is InChI=1S/C13H17N3O3/c1-13(2)12(19)15(3)6-7-16(13)11(18)9-4-5-14-8-10(9)17/h4-5,8,17H,6-7H2,1-3H3. The van der Waals surface area contributed by atoms with Crippen LogP contribution in [0, 0.1) is 0 Å². The molecule has 1 N–H and O–H groups in total. The van der Waals surface area contributed by atoms with Crippen molar-refractivity contribution in [2.75, 3.05) is 20.1 Å². The minimum absolute atomic E-state index is 0.111. The number of carbonyl (C=O) groups excluding carboxylic acids is 2. The molecule has 2 heterocycles. The molecule has 2 rings (SSSR count). The molecule has 0 radical (unpaired) electrons. The third-order valence-electron chi connectivity index (χ3n) is 3.48. The second-order valence-electron chi connectivity index (χ2n) is 5.14. The highest BCUT2D eigenvalue weighted by atomic mass is 16.3. The molecule has 6 nitrogen and oxygen atoms in total. The summed E-state index contributed by atoms with van der Waals surface area (Å²) in [5.74, 6) is -0.637. The van der Waals surface area contributed by atoms with Gasteiger partial charge in [-0.05, 0) is 19.9 Å². The van der Waals surface area contributed by atoms with Crippen molar-refractivity contribution in [1.29, 1.82) is 0 Å². The van der Waals surface area contributed by atoms with Gasteiger partial charge in [-0.2, -0.15) is 0 Å². The number of carbonyl (C=O) groups is 2. The third kappa shape index (κ3) is 2.14. The van der Waals surface area contributed by atoms with Gasteiger partial charge in [0.1, 0.15) is 11.3 Å². The summed E-state index contributed by atoms with van der Waals surface area (Å²) in [6.07, 6.45) is 2.66. The summed E-state index contributed by atoms with van der Waals surface area (Å²) >= 11 is 0. The van der Waals surface area contributed by atoms with E-state index in [1.165, 1.54) is 23.4 Å². The largest absolute Gasteiger partial charge is 0.505 e. The molecule has 19 heavy (non-hydrogen) atoms. The van der Waals surface area contributed by atoms with Gasteiger partial charge in [-0.15, -0.1) is 0 Å². The molecule has 0 saturated carbocycles. The van der Waals surface area contributed by atoms with Crippen molar-refractivity contribution in [2.24, 2.45) is 0 Å². The lowest BCUT2D eigenvalue weighted by molar-refractivity contribution is -0.144. The van der Waals surface area contributed by atoms with E-state index < -0.39 is 5.54 Å². The zero-order valence-corrected chi connectivity index (χ0v) is 11.3. The summed E-state index contributed by atoms with van der Waals surface area (Å²) in [4.78, 5) is 31.4. The lowest BCUT2D eigenvalue weighted by Gasteiger charge is -2.44. The number of piperazine rings is 1. The predicted molar refractivity (Wildman–Crippen MR) is 68.7 cm³/mol. The molecule has 0 aromatic carbocycles. The molecule has 1 aliphatic rings. The molecule has 6 heteroatoms. The van der Waals surface area contributed by atoms with Crippen molar-refractivity contribution in [2.45, 2.75) is 19.4 Å². The predicted octanol–water partition coefficient (Wildman–Crippen LogP) is 0.480. The molecule has 0 bridgehead atoms. The molecule has 102 valence electrons. The Bertz CT molecular complexity index is 528. The van der Waals surface area contributed by atoms with Crippen LogP contribution in [0.15, 0.2) is 18.5 Å². The fraction of sp³-hybridized carbons (Fsp3) is 0.462. The normalized spacial score (nSPS) is 18.6. The molecule has 0 unspecified atom stereocenters. The summed E-state index contributed by atoms with van der Waals surface area (Å²) in [7, 11) is 1.72. The van der Waals surface area contributed by atoms with E-state index in [4.69, 9.17) is 0 Å². The lowest BCUT2D eigenvalue weighted by Crippen LogP contribution is -2.63. The van der Waals surface area contributed by atoms with Gasteiger partial charge < -0.3 is 14.9 Å². The Morgan fingerprint density at radius 3 is 2.74 bits per heavy atom. The number of likely N-dealkylation sites (N-methyl/N-ethyl adjacent to an activating group) is 1. The van der Waals surface area contributed by atoms with E-state index in [0.717, 1.165) is 0 Å². The molecule has 1 fully saturated rings. The van der Waals surface area contributed by atoms with Gasteiger partial charge in [0.2, 0.25) is 5.91 Å². The Morgan fingerprint density at radius 2 is 2.11 bits per heavy atom. The van der Waals surface area contributed by atoms with E-state index in [1.807, 2.05) is 0 Å². The zero-order chi connectivity index (χ0) is 14.2. The molecule has 1 aliphatic heterocycles. The number of rotatable bonds is 1. The van der Waals surface area contributed by atoms with Gasteiger partial charge in [-0.3, -0.25) is 14.6 Å². The second-order valence-corrected chi connectivity index (χ2v) is 5.14. The first kappa shape index (κ1) is 13.3. The maximum absolute atomic E-state index is 12.5. The first-order chi connectivity index (χ1) is 8.85. The van der Waals surface area contributed by atoms with Crippen LogP contribution in [0.3, 0.4) is 0 Å². The lowest BCUT2D eigenvalue weighted by atomic mass is 9.96. The summed E-state index contributed by atoms with van der Waals surface area (Å²) in [6, 6.07) is 1.45. The first-order valence-electron chi connectivity index (χ1n) is 6.06. The molecule has 0 atom stereocenters. The fourth-order valence-electron chi connectivity index (χ4n) is 2.28. The van der Waals surface area contributed by atoms with Gasteiger partial charge in [0.15, 0.2) is 0 Å². The molecular formula is C13H17N3O3. The van der Waals surface area contributed by atoms with Crippen LogP contribution in [-0.2, 0) is 4.79 Å². The van der Waals surface area contributed by atoms with Crippen molar-refractivity contribution in [1.82, 2.24) is 14.8 Å². The number of aromatic nitrogens is 1. The monoisotopic (exact) mass is 263 g/mol. The first-order valence-corrected chi connectivity index (χ1v) is 6.06. The van der Waals surface area contributed by atoms with E-state index >= 15 is 0 Å². The summed E-state index contributed by atoms with van der Waals surface area (Å²) in [5.41, 5.74) is -0.750. The zero-order valence-electron chi connectivity index (χ0n) is 11.3. The average molecular weight is 263 g/mol. The van der Waals surface area contributed by atoms with Crippen LogP contribution in [0.25, 0.3) is 0 Å². The van der Waals surface area contributed by atoms with Gasteiger partial charge in [-0.25, -0.2) is 0 Å². The molecule has 0 spiro atoms. The van der Waals surface area contributed by atoms with E-state index in [1.54, 1.807) is 25.8 Å². The van der Waals surface area contributed by atoms with E-state index in [0.29, 0.717) is 13.1 Å². The highest BCUT2D eigenvalue weighted by Crippen LogP contribution is 2.26. The second kappa shape index (κ2) is 4.53. The Hall–Kier alpha value is -2.11. The summed E-state index contributed by atoms with van der Waals surface area (Å²) in [6.45, 7) is 4.35. The minimum Gasteiger partial charge on any atom is -0.505 e. The van der Waals surface area contributed by atoms with Gasteiger partial charge in [0, 0.05) is 26.3 Å². The van der Waals surface area contributed by atoms with Gasteiger partial charge in [0.05, 0.1) is 11.8 Å². The fourth-order valence-corrected chi connectivity index (χ4v) is 2.28. The SMILES string of the molecule is CN1CCN(C(=O)c2ccncc2O)C(C)(C)C1=O. The topological polar surface area (TPSA) is 73.7 Å². The van der Waals surface area contributed by atoms with Crippen LogP contribution in [0.5, 0.6) is 5.75 Å². The van der Waals surface area contributed by atoms with Crippen molar-refractivity contribution in [3.8, 4) is 5.75 Å². The molecule has 1 aromatic heterocycles. The highest BCUT2D eigenvalue weighted by molar-refractivity contribution is 6.01. The van der Waals surface area contributed by atoms with Crippen LogP contribution >= 0.6 is 0 Å². The minimum atomic E-state index is -0.917. The molecular weight excluding hydrogens is 246 g/mol. The maximum Gasteiger partial charge on any atom is 0.258 e. The van der Waals surface area contributed by atoms with Crippen LogP contribution < -0.4 is 0 Å². The summed E-state index contributed by atoms with van der Waals surface area (Å²) in [5, 5.41) is 9.69. The van der Waals surface area contributed by atoms with Gasteiger partial charge in [-0.1, -0.05) is 0 Å². The average Bonchev–Trinajstić information content (AvgIpc) is 2.36. The third-order valence-corrected chi connectivity index (χ3v) is 3.48. The number of amides is 2. The Labute approximate surface area is 111 Å². The molecule has 1 saturated heterocycles. The van der Waals surface area contributed by atoms with Crippen molar-refractivity contribution < 1.29 is 14.7 Å². The quantitative estimate of drug-likeness (QED) is 0.799. The van der Waals surface area contributed by atoms with E-state index in [-0.39, 0.29) is 23.1 Å². The number of nitrogens with zero attached hydrogens (tertiary/aromatic N) is 3. The smallest absolute Gasteiger partial charge is 0.258 e. The number of aromatic hydroxyl groups is 1. The highest BCUT2D eigenvalue weighted by Gasteiger charge is 2.43.